The number of aliphatic hydroxyl groups is 3. The minimum absolute atomic E-state index is 0.0524. The summed E-state index contributed by atoms with van der Waals surface area (Å²) in [4.78, 5) is 11.4. The first kappa shape index (κ1) is 34.5. The van der Waals surface area contributed by atoms with Crippen LogP contribution in [-0.2, 0) is 4.79 Å². The average Bonchev–Trinajstić information content (AvgIpc) is 2.84. The van der Waals surface area contributed by atoms with Crippen molar-refractivity contribution in [1.29, 1.82) is 0 Å². The van der Waals surface area contributed by atoms with Crippen molar-refractivity contribution < 1.29 is 25.2 Å². The van der Waals surface area contributed by atoms with Gasteiger partial charge in [-0.3, -0.25) is 4.79 Å². The quantitative estimate of drug-likeness (QED) is 0.114. The van der Waals surface area contributed by atoms with E-state index in [1.807, 2.05) is 0 Å². The summed E-state index contributed by atoms with van der Waals surface area (Å²) in [6.45, 7) is 16.6. The van der Waals surface area contributed by atoms with E-state index in [0.717, 1.165) is 86.5 Å². The summed E-state index contributed by atoms with van der Waals surface area (Å²) < 4.78 is 0. The predicted octanol–water partition coefficient (Wildman–Crippen LogP) is 7.91. The number of allylic oxidation sites excluding steroid dienone is 4. The molecule has 0 aliphatic heterocycles. The smallest absolute Gasteiger partial charge is 0.309 e. The van der Waals surface area contributed by atoms with Crippen molar-refractivity contribution in [3.63, 3.8) is 0 Å². The third-order valence-electron chi connectivity index (χ3n) is 8.66. The molecule has 2 rings (SSSR count). The van der Waals surface area contributed by atoms with Gasteiger partial charge < -0.3 is 20.4 Å². The molecule has 0 amide bonds. The molecule has 0 aromatic carbocycles. The van der Waals surface area contributed by atoms with Crippen molar-refractivity contribution in [3.8, 4) is 0 Å². The van der Waals surface area contributed by atoms with Gasteiger partial charge in [0.25, 0.3) is 0 Å². The molecule has 0 heterocycles. The highest BCUT2D eigenvalue weighted by molar-refractivity contribution is 5.73. The van der Waals surface area contributed by atoms with Gasteiger partial charge in [-0.15, -0.1) is 0 Å². The average molecular weight is 559 g/mol. The van der Waals surface area contributed by atoms with Gasteiger partial charge in [0.05, 0.1) is 17.6 Å². The Morgan fingerprint density at radius 2 is 1.02 bits per heavy atom. The number of hydrogen-bond donors (Lipinski definition) is 4. The van der Waals surface area contributed by atoms with Gasteiger partial charge in [0.1, 0.15) is 0 Å². The molecule has 0 spiro atoms. The van der Waals surface area contributed by atoms with E-state index in [0.29, 0.717) is 6.42 Å². The molecular formula is C35H58O5. The first-order chi connectivity index (χ1) is 18.4. The number of carbonyl (C=O) groups is 1. The Labute approximate surface area is 244 Å². The van der Waals surface area contributed by atoms with Crippen LogP contribution >= 0.6 is 0 Å². The Morgan fingerprint density at radius 3 is 1.38 bits per heavy atom. The van der Waals surface area contributed by atoms with Crippen LogP contribution in [0.2, 0.25) is 0 Å². The zero-order valence-electron chi connectivity index (χ0n) is 26.6. The third kappa shape index (κ3) is 10.6. The van der Waals surface area contributed by atoms with Crippen molar-refractivity contribution in [1.82, 2.24) is 0 Å². The zero-order valence-corrected chi connectivity index (χ0v) is 26.6. The van der Waals surface area contributed by atoms with E-state index in [9.17, 15) is 25.2 Å². The standard InChI is InChI=1S/C35H58O5/c1-32(2,24-36)18-11-9-14-25-20-33(3,4)22-27(29(25)37)16-13-17-28-23-34(5,6)21-26(30(28)38)15-10-12-19-35(7,8)31(39)40/h20-23,29-30,36-38H,9-19,24H2,1-8H3,(H,39,40). The van der Waals surface area contributed by atoms with Crippen LogP contribution in [0.5, 0.6) is 0 Å². The van der Waals surface area contributed by atoms with E-state index in [4.69, 9.17) is 0 Å². The van der Waals surface area contributed by atoms with Crippen molar-refractivity contribution in [2.24, 2.45) is 21.7 Å². The molecular weight excluding hydrogens is 500 g/mol. The Kier molecular flexibility index (Phi) is 12.1. The van der Waals surface area contributed by atoms with Crippen molar-refractivity contribution >= 4 is 5.97 Å². The van der Waals surface area contributed by atoms with Crippen molar-refractivity contribution in [2.45, 2.75) is 138 Å². The summed E-state index contributed by atoms with van der Waals surface area (Å²) in [6, 6.07) is 0. The van der Waals surface area contributed by atoms with Crippen LogP contribution in [0.4, 0.5) is 0 Å². The molecule has 0 radical (unpaired) electrons. The van der Waals surface area contributed by atoms with Crippen LogP contribution in [0.1, 0.15) is 126 Å². The lowest BCUT2D eigenvalue weighted by Gasteiger charge is -2.32. The third-order valence-corrected chi connectivity index (χ3v) is 8.66. The van der Waals surface area contributed by atoms with Crippen LogP contribution in [0.3, 0.4) is 0 Å². The van der Waals surface area contributed by atoms with Gasteiger partial charge in [0.15, 0.2) is 0 Å². The molecule has 2 unspecified atom stereocenters. The number of rotatable bonds is 16. The molecule has 0 bridgehead atoms. The maximum absolute atomic E-state index is 11.4. The molecule has 40 heavy (non-hydrogen) atoms. The number of hydrogen-bond acceptors (Lipinski definition) is 4. The number of carboxylic acid groups (broad SMARTS) is 1. The van der Waals surface area contributed by atoms with Crippen LogP contribution in [-0.4, -0.2) is 45.2 Å². The fourth-order valence-corrected chi connectivity index (χ4v) is 6.13. The van der Waals surface area contributed by atoms with Gasteiger partial charge in [0.2, 0.25) is 0 Å². The molecule has 0 aromatic heterocycles. The van der Waals surface area contributed by atoms with Crippen LogP contribution in [0, 0.1) is 21.7 Å². The molecule has 0 saturated carbocycles. The lowest BCUT2D eigenvalue weighted by atomic mass is 9.76. The summed E-state index contributed by atoms with van der Waals surface area (Å²) in [7, 11) is 0. The second-order valence-electron chi connectivity index (χ2n) is 15.1. The molecule has 2 aliphatic carbocycles. The van der Waals surface area contributed by atoms with Gasteiger partial charge in [-0.2, -0.15) is 0 Å². The van der Waals surface area contributed by atoms with E-state index in [2.05, 4.69) is 65.8 Å². The lowest BCUT2D eigenvalue weighted by molar-refractivity contribution is -0.147. The van der Waals surface area contributed by atoms with E-state index >= 15 is 0 Å². The highest BCUT2D eigenvalue weighted by Crippen LogP contribution is 2.39. The highest BCUT2D eigenvalue weighted by Gasteiger charge is 2.30. The molecule has 2 aliphatic rings. The molecule has 0 aromatic rings. The van der Waals surface area contributed by atoms with E-state index in [1.54, 1.807) is 13.8 Å². The number of aliphatic carboxylic acids is 1. The monoisotopic (exact) mass is 558 g/mol. The van der Waals surface area contributed by atoms with Crippen LogP contribution < -0.4 is 0 Å². The van der Waals surface area contributed by atoms with Gasteiger partial charge in [-0.05, 0) is 99.3 Å². The maximum atomic E-state index is 11.4. The van der Waals surface area contributed by atoms with E-state index in [1.165, 1.54) is 0 Å². The summed E-state index contributed by atoms with van der Waals surface area (Å²) in [6.07, 6.45) is 17.1. The largest absolute Gasteiger partial charge is 0.481 e. The van der Waals surface area contributed by atoms with Crippen molar-refractivity contribution in [3.05, 3.63) is 46.6 Å². The van der Waals surface area contributed by atoms with E-state index < -0.39 is 23.6 Å². The number of carboxylic acids is 1. The minimum Gasteiger partial charge on any atom is -0.481 e. The number of unbranched alkanes of at least 4 members (excludes halogenated alkanes) is 2. The highest BCUT2D eigenvalue weighted by atomic mass is 16.4. The number of aliphatic hydroxyl groups excluding tert-OH is 3. The first-order valence-electron chi connectivity index (χ1n) is 15.4. The molecule has 0 fully saturated rings. The Bertz CT molecular complexity index is 989. The minimum atomic E-state index is -0.762. The van der Waals surface area contributed by atoms with Crippen LogP contribution in [0.25, 0.3) is 0 Å². The Morgan fingerprint density at radius 1 is 0.675 bits per heavy atom. The second-order valence-corrected chi connectivity index (χ2v) is 15.1. The van der Waals surface area contributed by atoms with Crippen molar-refractivity contribution in [2.75, 3.05) is 6.61 Å². The second kappa shape index (κ2) is 14.0. The summed E-state index contributed by atoms with van der Waals surface area (Å²) in [5.41, 5.74) is 3.30. The molecule has 228 valence electrons. The van der Waals surface area contributed by atoms with Gasteiger partial charge in [0, 0.05) is 17.4 Å². The maximum Gasteiger partial charge on any atom is 0.309 e. The molecule has 5 nitrogen and oxygen atoms in total. The summed E-state index contributed by atoms with van der Waals surface area (Å²) >= 11 is 0. The Hall–Kier alpha value is -1.69. The fourth-order valence-electron chi connectivity index (χ4n) is 6.13. The Balaban J connectivity index is 1.93. The first-order valence-corrected chi connectivity index (χ1v) is 15.4. The lowest BCUT2D eigenvalue weighted by Crippen LogP contribution is -2.25. The topological polar surface area (TPSA) is 98.0 Å². The molecule has 4 N–H and O–H groups in total. The summed E-state index contributed by atoms with van der Waals surface area (Å²) in [5.74, 6) is -0.762. The van der Waals surface area contributed by atoms with Gasteiger partial charge in [-0.1, -0.05) is 78.7 Å². The fraction of sp³-hybridized carbons (Fsp3) is 0.743. The van der Waals surface area contributed by atoms with Crippen LogP contribution in [0.15, 0.2) is 46.6 Å². The van der Waals surface area contributed by atoms with Gasteiger partial charge >= 0.3 is 5.97 Å². The normalized spacial score (nSPS) is 22.8. The molecule has 0 saturated heterocycles. The summed E-state index contributed by atoms with van der Waals surface area (Å²) in [5, 5.41) is 41.3. The molecule has 2 atom stereocenters. The molecule has 5 heteroatoms. The predicted molar refractivity (Wildman–Crippen MR) is 165 cm³/mol. The SMILES string of the molecule is CC1(C)C=C(CCCCC(C)(C)CO)C(O)C(CCCC2=CC(C)(C)C=C(CCCCC(C)(C)C(=O)O)C2O)=C1. The van der Waals surface area contributed by atoms with Gasteiger partial charge in [-0.25, -0.2) is 0 Å². The zero-order chi connectivity index (χ0) is 30.4. The van der Waals surface area contributed by atoms with E-state index in [-0.39, 0.29) is 22.9 Å².